The maximum Gasteiger partial charge on any atom is 2.00 e. The monoisotopic (exact) mass is 532 g/mol. The molecule has 172 valence electrons. The molecular weight excluding hydrogens is 518 g/mol. The van der Waals surface area contributed by atoms with E-state index in [4.69, 9.17) is 8.83 Å². The second-order valence-corrected chi connectivity index (χ2v) is 8.08. The summed E-state index contributed by atoms with van der Waals surface area (Å²) in [6.07, 6.45) is 10.1. The van der Waals surface area contributed by atoms with Crippen molar-refractivity contribution in [1.82, 2.24) is 29.9 Å². The number of fused-ring (bicyclic) bond motifs is 6. The van der Waals surface area contributed by atoms with Crippen molar-refractivity contribution in [3.63, 3.8) is 0 Å². The van der Waals surface area contributed by atoms with Crippen LogP contribution in [-0.4, -0.2) is 19.9 Å². The van der Waals surface area contributed by atoms with E-state index in [-0.39, 0.29) is 19.5 Å². The van der Waals surface area contributed by atoms with E-state index in [1.54, 1.807) is 37.4 Å². The van der Waals surface area contributed by atoms with Gasteiger partial charge in [0.25, 0.3) is 0 Å². The molecule has 0 aliphatic rings. The number of hydrogen-bond acceptors (Lipinski definition) is 6. The average molecular weight is 534 g/mol. The van der Waals surface area contributed by atoms with Crippen LogP contribution in [-0.2, 0) is 19.5 Å². The number of nitrogens with zero attached hydrogens (tertiary/aromatic N) is 6. The minimum atomic E-state index is 0. The van der Waals surface area contributed by atoms with Gasteiger partial charge in [0.15, 0.2) is 11.2 Å². The van der Waals surface area contributed by atoms with Gasteiger partial charge in [0.2, 0.25) is 0 Å². The van der Waals surface area contributed by atoms with Gasteiger partial charge in [0, 0.05) is 12.4 Å². The number of rotatable bonds is 2. The van der Waals surface area contributed by atoms with Crippen LogP contribution in [0.4, 0.5) is 0 Å². The van der Waals surface area contributed by atoms with Crippen molar-refractivity contribution in [2.24, 2.45) is 0 Å². The molecule has 0 saturated heterocycles. The minimum Gasteiger partial charge on any atom is -0.454 e. The molecule has 0 N–H and O–H groups in total. The molecule has 0 fully saturated rings. The molecule has 0 radical (unpaired) electrons. The Hall–Kier alpha value is -4.62. The van der Waals surface area contributed by atoms with Crippen molar-refractivity contribution in [3.05, 3.63) is 98.1 Å². The SMILES string of the molecule is [Zn+2].c1cnc2c(c1)oc1cccc(-c3cnc[n-]3)c12.c1cnc2c(c1)oc1cccc(-c3cnc[n-]3)c12. The Bertz CT molecular complexity index is 1810. The summed E-state index contributed by atoms with van der Waals surface area (Å²) in [5.41, 5.74) is 8.65. The van der Waals surface area contributed by atoms with Crippen LogP contribution in [0.1, 0.15) is 0 Å². The van der Waals surface area contributed by atoms with Crippen LogP contribution in [0.5, 0.6) is 0 Å². The van der Waals surface area contributed by atoms with Gasteiger partial charge in [-0.15, -0.1) is 0 Å². The van der Waals surface area contributed by atoms with Crippen LogP contribution in [0.25, 0.3) is 66.7 Å². The van der Waals surface area contributed by atoms with Crippen LogP contribution in [0.15, 0.2) is 107 Å². The maximum absolute atomic E-state index is 5.78. The Morgan fingerprint density at radius 1 is 0.541 bits per heavy atom. The topological polar surface area (TPSA) is 106 Å². The largest absolute Gasteiger partial charge is 2.00 e. The van der Waals surface area contributed by atoms with Gasteiger partial charge in [-0.25, -0.2) is 0 Å². The third-order valence-corrected chi connectivity index (χ3v) is 5.98. The molecule has 6 aromatic heterocycles. The first-order valence-electron chi connectivity index (χ1n) is 11.3. The van der Waals surface area contributed by atoms with Crippen LogP contribution >= 0.6 is 0 Å². The molecule has 9 heteroatoms. The van der Waals surface area contributed by atoms with Crippen molar-refractivity contribution >= 4 is 44.1 Å². The van der Waals surface area contributed by atoms with Crippen molar-refractivity contribution in [1.29, 1.82) is 0 Å². The van der Waals surface area contributed by atoms with Gasteiger partial charge in [-0.1, -0.05) is 49.3 Å². The Kier molecular flexibility index (Phi) is 5.83. The standard InChI is InChI=1S/2C14H8N3O.Zn/c2*1-3-9(10-7-15-8-17-10)13-11(4-1)18-12-5-2-6-16-14(12)13;/h2*1-8H;/q2*-1;+2. The molecule has 0 aliphatic carbocycles. The predicted molar refractivity (Wildman–Crippen MR) is 136 cm³/mol. The van der Waals surface area contributed by atoms with E-state index >= 15 is 0 Å². The van der Waals surface area contributed by atoms with Gasteiger partial charge in [-0.3, -0.25) is 9.97 Å². The Morgan fingerprint density at radius 2 is 1.00 bits per heavy atom. The van der Waals surface area contributed by atoms with Crippen molar-refractivity contribution in [2.75, 3.05) is 0 Å². The number of aromatic nitrogens is 6. The minimum absolute atomic E-state index is 0. The van der Waals surface area contributed by atoms with Crippen LogP contribution in [0, 0.1) is 0 Å². The smallest absolute Gasteiger partial charge is 0.454 e. The zero-order valence-electron chi connectivity index (χ0n) is 19.4. The summed E-state index contributed by atoms with van der Waals surface area (Å²) in [5.74, 6) is 0. The quantitative estimate of drug-likeness (QED) is 0.249. The third-order valence-electron chi connectivity index (χ3n) is 5.98. The van der Waals surface area contributed by atoms with Gasteiger partial charge in [-0.05, 0) is 58.9 Å². The van der Waals surface area contributed by atoms with E-state index in [9.17, 15) is 0 Å². The molecular formula is C28H16N6O2Zn. The number of furan rings is 2. The summed E-state index contributed by atoms with van der Waals surface area (Å²) in [5, 5.41) is 1.99. The average Bonchev–Trinajstić information content (AvgIpc) is 3.73. The summed E-state index contributed by atoms with van der Waals surface area (Å²) >= 11 is 0. The van der Waals surface area contributed by atoms with Crippen molar-refractivity contribution in [3.8, 4) is 22.5 Å². The first-order valence-corrected chi connectivity index (χ1v) is 11.3. The fraction of sp³-hybridized carbons (Fsp3) is 0. The Morgan fingerprint density at radius 3 is 1.43 bits per heavy atom. The Balaban J connectivity index is 0.000000133. The number of pyridine rings is 2. The van der Waals surface area contributed by atoms with Crippen LogP contribution < -0.4 is 9.97 Å². The zero-order valence-corrected chi connectivity index (χ0v) is 22.4. The molecule has 6 heterocycles. The molecule has 2 aromatic carbocycles. The summed E-state index contributed by atoms with van der Waals surface area (Å²) in [7, 11) is 0. The van der Waals surface area contributed by atoms with Crippen LogP contribution in [0.3, 0.4) is 0 Å². The second kappa shape index (κ2) is 9.45. The van der Waals surface area contributed by atoms with Gasteiger partial charge < -0.3 is 28.8 Å². The molecule has 8 aromatic rings. The second-order valence-electron chi connectivity index (χ2n) is 8.08. The normalized spacial score (nSPS) is 11.0. The van der Waals surface area contributed by atoms with E-state index in [1.807, 2.05) is 60.7 Å². The summed E-state index contributed by atoms with van der Waals surface area (Å²) < 4.78 is 11.6. The summed E-state index contributed by atoms with van der Waals surface area (Å²) in [6, 6.07) is 19.4. The first kappa shape index (κ1) is 22.8. The molecule has 0 saturated carbocycles. The van der Waals surface area contributed by atoms with Gasteiger partial charge in [0.1, 0.15) is 22.2 Å². The molecule has 8 rings (SSSR count). The molecule has 0 amide bonds. The molecule has 37 heavy (non-hydrogen) atoms. The van der Waals surface area contributed by atoms with Gasteiger partial charge in [0.05, 0.1) is 10.8 Å². The number of imidazole rings is 2. The van der Waals surface area contributed by atoms with E-state index in [1.165, 1.54) is 0 Å². The third kappa shape index (κ3) is 3.90. The molecule has 0 aliphatic heterocycles. The zero-order chi connectivity index (χ0) is 23.9. The molecule has 0 spiro atoms. The fourth-order valence-corrected chi connectivity index (χ4v) is 4.45. The number of benzene rings is 2. The summed E-state index contributed by atoms with van der Waals surface area (Å²) in [6.45, 7) is 0. The van der Waals surface area contributed by atoms with Gasteiger partial charge >= 0.3 is 19.5 Å². The maximum atomic E-state index is 5.78. The first-order chi connectivity index (χ1) is 17.9. The van der Waals surface area contributed by atoms with E-state index in [2.05, 4.69) is 29.9 Å². The number of hydrogen-bond donors (Lipinski definition) is 0. The molecule has 0 unspecified atom stereocenters. The molecule has 8 nitrogen and oxygen atoms in total. The molecule has 0 bridgehead atoms. The summed E-state index contributed by atoms with van der Waals surface area (Å²) in [4.78, 5) is 25.3. The molecule has 0 atom stereocenters. The van der Waals surface area contributed by atoms with Gasteiger partial charge in [-0.2, -0.15) is 0 Å². The van der Waals surface area contributed by atoms with E-state index < -0.39 is 0 Å². The van der Waals surface area contributed by atoms with Crippen LogP contribution in [0.2, 0.25) is 0 Å². The van der Waals surface area contributed by atoms with E-state index in [0.717, 1.165) is 66.7 Å². The predicted octanol–water partition coefficient (Wildman–Crippen LogP) is 6.00. The Labute approximate surface area is 222 Å². The fourth-order valence-electron chi connectivity index (χ4n) is 4.45. The van der Waals surface area contributed by atoms with Crippen molar-refractivity contribution in [2.45, 2.75) is 0 Å². The van der Waals surface area contributed by atoms with Crippen molar-refractivity contribution < 1.29 is 28.3 Å². The van der Waals surface area contributed by atoms with E-state index in [0.29, 0.717) is 0 Å².